The number of benzene rings is 1. The van der Waals surface area contributed by atoms with Crippen LogP contribution in [-0.4, -0.2) is 35.2 Å². The Morgan fingerprint density at radius 1 is 1.23 bits per heavy atom. The van der Waals surface area contributed by atoms with Crippen LogP contribution in [0.5, 0.6) is 11.5 Å². The lowest BCUT2D eigenvalue weighted by Crippen LogP contribution is -2.10. The molecule has 6 nitrogen and oxygen atoms in total. The van der Waals surface area contributed by atoms with Crippen LogP contribution in [0.2, 0.25) is 0 Å². The van der Waals surface area contributed by atoms with Gasteiger partial charge >= 0.3 is 0 Å². The maximum absolute atomic E-state index is 9.31. The molecule has 0 radical (unpaired) electrons. The molecule has 0 fully saturated rings. The SMILES string of the molecule is CCOc1cc(CNc2cc(-c3cccs3)nn2CCO)ccc1OC. The van der Waals surface area contributed by atoms with E-state index in [1.54, 1.807) is 23.1 Å². The van der Waals surface area contributed by atoms with Crippen molar-refractivity contribution in [3.8, 4) is 22.1 Å². The highest BCUT2D eigenvalue weighted by Gasteiger charge is 2.11. The van der Waals surface area contributed by atoms with Gasteiger partial charge in [-0.2, -0.15) is 5.10 Å². The molecule has 0 aliphatic carbocycles. The Hall–Kier alpha value is -2.51. The van der Waals surface area contributed by atoms with Crippen LogP contribution >= 0.6 is 11.3 Å². The second-order valence-electron chi connectivity index (χ2n) is 5.61. The normalized spacial score (nSPS) is 10.7. The molecule has 0 amide bonds. The first kappa shape index (κ1) is 18.3. The van der Waals surface area contributed by atoms with Crippen LogP contribution in [0.25, 0.3) is 10.6 Å². The number of aliphatic hydroxyl groups is 1. The number of hydrogen-bond donors (Lipinski definition) is 2. The number of ether oxygens (including phenoxy) is 2. The Morgan fingerprint density at radius 2 is 2.12 bits per heavy atom. The lowest BCUT2D eigenvalue weighted by atomic mass is 10.2. The molecule has 0 aliphatic rings. The number of methoxy groups -OCH3 is 1. The van der Waals surface area contributed by atoms with Gasteiger partial charge in [0.15, 0.2) is 11.5 Å². The van der Waals surface area contributed by atoms with Gasteiger partial charge in [-0.1, -0.05) is 12.1 Å². The van der Waals surface area contributed by atoms with Crippen LogP contribution in [0.15, 0.2) is 41.8 Å². The Morgan fingerprint density at radius 3 is 2.81 bits per heavy atom. The van der Waals surface area contributed by atoms with Crippen LogP contribution in [0, 0.1) is 0 Å². The first-order valence-electron chi connectivity index (χ1n) is 8.51. The molecular formula is C19H23N3O3S. The van der Waals surface area contributed by atoms with Crippen LogP contribution in [-0.2, 0) is 13.1 Å². The standard InChI is InChI=1S/C19H23N3O3S/c1-3-25-17-11-14(6-7-16(17)24-2)13-20-19-12-15(18-5-4-10-26-18)21-22(19)8-9-23/h4-7,10-12,20,23H,3,8-9,13H2,1-2H3. The van der Waals surface area contributed by atoms with Gasteiger partial charge in [-0.15, -0.1) is 11.3 Å². The van der Waals surface area contributed by atoms with Crippen molar-refractivity contribution in [1.29, 1.82) is 0 Å². The Bertz CT molecular complexity index is 831. The summed E-state index contributed by atoms with van der Waals surface area (Å²) in [6, 6.07) is 11.9. The van der Waals surface area contributed by atoms with Crippen molar-refractivity contribution < 1.29 is 14.6 Å². The van der Waals surface area contributed by atoms with E-state index in [0.29, 0.717) is 19.7 Å². The molecule has 2 heterocycles. The molecule has 0 unspecified atom stereocenters. The molecule has 0 saturated heterocycles. The predicted molar refractivity (Wildman–Crippen MR) is 104 cm³/mol. The monoisotopic (exact) mass is 373 g/mol. The van der Waals surface area contributed by atoms with E-state index in [1.807, 2.05) is 48.7 Å². The van der Waals surface area contributed by atoms with E-state index in [0.717, 1.165) is 33.5 Å². The van der Waals surface area contributed by atoms with Crippen molar-refractivity contribution in [3.63, 3.8) is 0 Å². The fraction of sp³-hybridized carbons (Fsp3) is 0.316. The summed E-state index contributed by atoms with van der Waals surface area (Å²) >= 11 is 1.65. The summed E-state index contributed by atoms with van der Waals surface area (Å²) in [7, 11) is 1.63. The molecule has 0 aliphatic heterocycles. The van der Waals surface area contributed by atoms with Crippen LogP contribution in [0.3, 0.4) is 0 Å². The Kier molecular flexibility index (Phi) is 6.14. The number of nitrogens with one attached hydrogen (secondary N) is 1. The lowest BCUT2D eigenvalue weighted by molar-refractivity contribution is 0.270. The predicted octanol–water partition coefficient (Wildman–Crippen LogP) is 3.62. The largest absolute Gasteiger partial charge is 0.493 e. The van der Waals surface area contributed by atoms with E-state index in [9.17, 15) is 5.11 Å². The highest BCUT2D eigenvalue weighted by atomic mass is 32.1. The number of rotatable bonds is 9. The summed E-state index contributed by atoms with van der Waals surface area (Å²) in [5, 5.41) is 19.3. The zero-order chi connectivity index (χ0) is 18.4. The average Bonchev–Trinajstić information content (AvgIpc) is 3.31. The average molecular weight is 373 g/mol. The van der Waals surface area contributed by atoms with Gasteiger partial charge < -0.3 is 19.9 Å². The highest BCUT2D eigenvalue weighted by Crippen LogP contribution is 2.29. The second kappa shape index (κ2) is 8.73. The first-order valence-corrected chi connectivity index (χ1v) is 9.39. The maximum atomic E-state index is 9.31. The molecule has 3 aromatic rings. The molecule has 3 rings (SSSR count). The van der Waals surface area contributed by atoms with Gasteiger partial charge in [0.2, 0.25) is 0 Å². The third-order valence-corrected chi connectivity index (χ3v) is 4.76. The number of thiophene rings is 1. The first-order chi connectivity index (χ1) is 12.7. The molecule has 0 atom stereocenters. The highest BCUT2D eigenvalue weighted by molar-refractivity contribution is 7.13. The van der Waals surface area contributed by atoms with Gasteiger partial charge in [0, 0.05) is 12.6 Å². The second-order valence-corrected chi connectivity index (χ2v) is 6.56. The van der Waals surface area contributed by atoms with Crippen molar-refractivity contribution in [2.75, 3.05) is 25.6 Å². The van der Waals surface area contributed by atoms with Gasteiger partial charge in [-0.05, 0) is 36.1 Å². The molecule has 2 aromatic heterocycles. The third kappa shape index (κ3) is 4.17. The summed E-state index contributed by atoms with van der Waals surface area (Å²) < 4.78 is 12.8. The fourth-order valence-electron chi connectivity index (χ4n) is 2.66. The van der Waals surface area contributed by atoms with E-state index in [2.05, 4.69) is 10.4 Å². The molecule has 0 saturated carbocycles. The van der Waals surface area contributed by atoms with Crippen LogP contribution < -0.4 is 14.8 Å². The number of hydrogen-bond acceptors (Lipinski definition) is 6. The summed E-state index contributed by atoms with van der Waals surface area (Å²) in [6.45, 7) is 3.63. The fourth-order valence-corrected chi connectivity index (χ4v) is 3.34. The smallest absolute Gasteiger partial charge is 0.161 e. The van der Waals surface area contributed by atoms with E-state index < -0.39 is 0 Å². The van der Waals surface area contributed by atoms with Crippen LogP contribution in [0.1, 0.15) is 12.5 Å². The Labute approximate surface area is 157 Å². The maximum Gasteiger partial charge on any atom is 0.161 e. The summed E-state index contributed by atoms with van der Waals surface area (Å²) in [4.78, 5) is 1.10. The van der Waals surface area contributed by atoms with Crippen molar-refractivity contribution in [2.45, 2.75) is 20.0 Å². The minimum absolute atomic E-state index is 0.0390. The molecule has 7 heteroatoms. The van der Waals surface area contributed by atoms with E-state index >= 15 is 0 Å². The number of aliphatic hydroxyl groups excluding tert-OH is 1. The molecule has 26 heavy (non-hydrogen) atoms. The third-order valence-electron chi connectivity index (χ3n) is 3.87. The van der Waals surface area contributed by atoms with E-state index in [1.165, 1.54) is 0 Å². The summed E-state index contributed by atoms with van der Waals surface area (Å²) in [6.07, 6.45) is 0. The van der Waals surface area contributed by atoms with Crippen molar-refractivity contribution in [1.82, 2.24) is 9.78 Å². The molecule has 0 spiro atoms. The zero-order valence-corrected chi connectivity index (χ0v) is 15.8. The molecule has 2 N–H and O–H groups in total. The van der Waals surface area contributed by atoms with Gasteiger partial charge in [-0.3, -0.25) is 0 Å². The van der Waals surface area contributed by atoms with E-state index in [4.69, 9.17) is 9.47 Å². The number of nitrogens with zero attached hydrogens (tertiary/aromatic N) is 2. The van der Waals surface area contributed by atoms with Crippen molar-refractivity contribution in [3.05, 3.63) is 47.3 Å². The minimum Gasteiger partial charge on any atom is -0.493 e. The van der Waals surface area contributed by atoms with Crippen LogP contribution in [0.4, 0.5) is 5.82 Å². The molecule has 138 valence electrons. The molecular weight excluding hydrogens is 350 g/mol. The minimum atomic E-state index is 0.0390. The van der Waals surface area contributed by atoms with Crippen molar-refractivity contribution in [2.24, 2.45) is 0 Å². The summed E-state index contributed by atoms with van der Waals surface area (Å²) in [5.41, 5.74) is 1.98. The van der Waals surface area contributed by atoms with Crippen molar-refractivity contribution >= 4 is 17.2 Å². The topological polar surface area (TPSA) is 68.5 Å². The van der Waals surface area contributed by atoms with Gasteiger partial charge in [-0.25, -0.2) is 4.68 Å². The zero-order valence-electron chi connectivity index (χ0n) is 14.9. The van der Waals surface area contributed by atoms with Gasteiger partial charge in [0.05, 0.1) is 31.7 Å². The van der Waals surface area contributed by atoms with E-state index in [-0.39, 0.29) is 6.61 Å². The molecule has 0 bridgehead atoms. The molecule has 1 aromatic carbocycles. The summed E-state index contributed by atoms with van der Waals surface area (Å²) in [5.74, 6) is 2.33. The van der Waals surface area contributed by atoms with Gasteiger partial charge in [0.1, 0.15) is 11.5 Å². The Balaban J connectivity index is 1.77. The van der Waals surface area contributed by atoms with Gasteiger partial charge in [0.25, 0.3) is 0 Å². The lowest BCUT2D eigenvalue weighted by Gasteiger charge is -2.12. The quantitative estimate of drug-likeness (QED) is 0.600. The number of anilines is 1. The number of aromatic nitrogens is 2.